The predicted octanol–water partition coefficient (Wildman–Crippen LogP) is 3.97. The number of rotatable bonds is 2. The van der Waals surface area contributed by atoms with Crippen LogP contribution in [-0.2, 0) is 0 Å². The fourth-order valence-electron chi connectivity index (χ4n) is 2.98. The van der Waals surface area contributed by atoms with Crippen LogP contribution in [0.25, 0.3) is 0 Å². The van der Waals surface area contributed by atoms with Crippen molar-refractivity contribution in [1.29, 1.82) is 0 Å². The number of halogens is 3. The lowest BCUT2D eigenvalue weighted by Gasteiger charge is -2.42. The van der Waals surface area contributed by atoms with Gasteiger partial charge in [-0.2, -0.15) is 0 Å². The number of nitrogens with one attached hydrogen (secondary N) is 1. The van der Waals surface area contributed by atoms with Gasteiger partial charge in [0.2, 0.25) is 0 Å². The zero-order chi connectivity index (χ0) is 14.0. The summed E-state index contributed by atoms with van der Waals surface area (Å²) < 4.78 is 13.9. The third-order valence-electron chi connectivity index (χ3n) is 3.85. The molecule has 0 amide bonds. The molecule has 21 heavy (non-hydrogen) atoms. The zero-order valence-electron chi connectivity index (χ0n) is 13.3. The van der Waals surface area contributed by atoms with E-state index < -0.39 is 0 Å². The fraction of sp³-hybridized carbons (Fsp3) is 0.625. The van der Waals surface area contributed by atoms with Crippen LogP contribution in [0.3, 0.4) is 0 Å². The molecular weight excluding hydrogens is 310 g/mol. The Morgan fingerprint density at radius 3 is 2.19 bits per heavy atom. The summed E-state index contributed by atoms with van der Waals surface area (Å²) in [5.74, 6) is -0.0955. The summed E-state index contributed by atoms with van der Waals surface area (Å²) in [5.41, 5.74) is 1.91. The Morgan fingerprint density at radius 1 is 1.14 bits per heavy atom. The van der Waals surface area contributed by atoms with Crippen LogP contribution >= 0.6 is 24.8 Å². The smallest absolute Gasteiger partial charge is 0.126 e. The number of piperazine rings is 1. The lowest BCUT2D eigenvalue weighted by Crippen LogP contribution is -2.48. The SMILES string of the molecule is Cc1ccc([C@@H](N2CCNCC2)C(C)(C)C)cc1F.Cl.Cl. The van der Waals surface area contributed by atoms with Gasteiger partial charge in [-0.05, 0) is 29.5 Å². The number of aryl methyl sites for hydroxylation is 1. The van der Waals surface area contributed by atoms with E-state index in [1.165, 1.54) is 0 Å². The Balaban J connectivity index is 0.00000200. The molecule has 1 aromatic carbocycles. The topological polar surface area (TPSA) is 15.3 Å². The van der Waals surface area contributed by atoms with Crippen LogP contribution in [0.4, 0.5) is 4.39 Å². The molecule has 1 aromatic rings. The van der Waals surface area contributed by atoms with Crippen molar-refractivity contribution in [1.82, 2.24) is 10.2 Å². The van der Waals surface area contributed by atoms with Crippen molar-refractivity contribution >= 4 is 24.8 Å². The fourth-order valence-corrected chi connectivity index (χ4v) is 2.98. The molecular formula is C16H27Cl2FN2. The average molecular weight is 337 g/mol. The van der Waals surface area contributed by atoms with E-state index in [-0.39, 0.29) is 42.1 Å². The Hall–Kier alpha value is -0.350. The van der Waals surface area contributed by atoms with Gasteiger partial charge in [0.1, 0.15) is 5.82 Å². The summed E-state index contributed by atoms with van der Waals surface area (Å²) >= 11 is 0. The Bertz CT molecular complexity index is 440. The first kappa shape index (κ1) is 20.6. The van der Waals surface area contributed by atoms with Gasteiger partial charge < -0.3 is 5.32 Å². The molecule has 2 rings (SSSR count). The maximum absolute atomic E-state index is 13.9. The van der Waals surface area contributed by atoms with E-state index in [1.54, 1.807) is 6.07 Å². The van der Waals surface area contributed by atoms with Crippen LogP contribution in [0.2, 0.25) is 0 Å². The maximum atomic E-state index is 13.9. The molecule has 1 saturated heterocycles. The molecule has 0 aromatic heterocycles. The quantitative estimate of drug-likeness (QED) is 0.878. The molecule has 0 radical (unpaired) electrons. The highest BCUT2D eigenvalue weighted by molar-refractivity contribution is 5.85. The van der Waals surface area contributed by atoms with Gasteiger partial charge in [-0.25, -0.2) is 4.39 Å². The maximum Gasteiger partial charge on any atom is 0.126 e. The molecule has 0 aliphatic carbocycles. The molecule has 1 heterocycles. The van der Waals surface area contributed by atoms with Crippen molar-refractivity contribution in [2.24, 2.45) is 5.41 Å². The second kappa shape index (κ2) is 8.33. The minimum Gasteiger partial charge on any atom is -0.314 e. The molecule has 1 fully saturated rings. The molecule has 0 saturated carbocycles. The van der Waals surface area contributed by atoms with Gasteiger partial charge in [-0.15, -0.1) is 24.8 Å². The molecule has 122 valence electrons. The first-order valence-corrected chi connectivity index (χ1v) is 7.10. The van der Waals surface area contributed by atoms with E-state index in [2.05, 4.69) is 37.1 Å². The molecule has 2 nitrogen and oxygen atoms in total. The van der Waals surface area contributed by atoms with E-state index in [9.17, 15) is 4.39 Å². The van der Waals surface area contributed by atoms with Crippen molar-refractivity contribution in [3.63, 3.8) is 0 Å². The van der Waals surface area contributed by atoms with Gasteiger partial charge in [-0.1, -0.05) is 32.9 Å². The lowest BCUT2D eigenvalue weighted by molar-refractivity contribution is 0.0860. The molecule has 1 N–H and O–H groups in total. The third kappa shape index (κ3) is 5.10. The first-order chi connectivity index (χ1) is 8.89. The van der Waals surface area contributed by atoms with E-state index in [1.807, 2.05) is 13.0 Å². The van der Waals surface area contributed by atoms with Crippen LogP contribution in [0, 0.1) is 18.2 Å². The lowest BCUT2D eigenvalue weighted by atomic mass is 9.80. The number of nitrogens with zero attached hydrogens (tertiary/aromatic N) is 1. The minimum absolute atomic E-state index is 0. The monoisotopic (exact) mass is 336 g/mol. The summed E-state index contributed by atoms with van der Waals surface area (Å²) in [4.78, 5) is 2.47. The van der Waals surface area contributed by atoms with Crippen LogP contribution in [0.5, 0.6) is 0 Å². The summed E-state index contributed by atoms with van der Waals surface area (Å²) in [6.45, 7) is 12.6. The van der Waals surface area contributed by atoms with Crippen molar-refractivity contribution < 1.29 is 4.39 Å². The van der Waals surface area contributed by atoms with Crippen LogP contribution in [0.15, 0.2) is 18.2 Å². The molecule has 0 spiro atoms. The van der Waals surface area contributed by atoms with E-state index in [0.29, 0.717) is 0 Å². The van der Waals surface area contributed by atoms with Crippen LogP contribution < -0.4 is 5.32 Å². The number of hydrogen-bond donors (Lipinski definition) is 1. The molecule has 0 unspecified atom stereocenters. The summed E-state index contributed by atoms with van der Waals surface area (Å²) in [7, 11) is 0. The van der Waals surface area contributed by atoms with Crippen molar-refractivity contribution in [2.45, 2.75) is 33.7 Å². The molecule has 5 heteroatoms. The molecule has 1 atom stereocenters. The summed E-state index contributed by atoms with van der Waals surface area (Å²) in [6, 6.07) is 5.96. The average Bonchev–Trinajstić information content (AvgIpc) is 2.34. The Morgan fingerprint density at radius 2 is 1.71 bits per heavy atom. The summed E-state index contributed by atoms with van der Waals surface area (Å²) in [5, 5.41) is 3.38. The Kier molecular flexibility index (Phi) is 8.19. The van der Waals surface area contributed by atoms with Gasteiger partial charge in [0.05, 0.1) is 0 Å². The van der Waals surface area contributed by atoms with Gasteiger partial charge in [0.15, 0.2) is 0 Å². The molecule has 1 aliphatic rings. The van der Waals surface area contributed by atoms with Gasteiger partial charge in [0, 0.05) is 32.2 Å². The van der Waals surface area contributed by atoms with Gasteiger partial charge in [0.25, 0.3) is 0 Å². The third-order valence-corrected chi connectivity index (χ3v) is 3.85. The van der Waals surface area contributed by atoms with Gasteiger partial charge >= 0.3 is 0 Å². The first-order valence-electron chi connectivity index (χ1n) is 7.10. The second-order valence-electron chi connectivity index (χ2n) is 6.56. The highest BCUT2D eigenvalue weighted by Crippen LogP contribution is 2.38. The van der Waals surface area contributed by atoms with E-state index >= 15 is 0 Å². The molecule has 0 bridgehead atoms. The number of benzene rings is 1. The van der Waals surface area contributed by atoms with E-state index in [0.717, 1.165) is 37.3 Å². The second-order valence-corrected chi connectivity index (χ2v) is 6.56. The highest BCUT2D eigenvalue weighted by Gasteiger charge is 2.32. The standard InChI is InChI=1S/C16H25FN2.2ClH/c1-12-5-6-13(11-14(12)17)15(16(2,3)4)19-9-7-18-8-10-19;;/h5-6,11,15,18H,7-10H2,1-4H3;2*1H/t15-;;/m1../s1. The largest absolute Gasteiger partial charge is 0.314 e. The predicted molar refractivity (Wildman–Crippen MR) is 92.3 cm³/mol. The highest BCUT2D eigenvalue weighted by atomic mass is 35.5. The van der Waals surface area contributed by atoms with Crippen LogP contribution in [-0.4, -0.2) is 31.1 Å². The summed E-state index contributed by atoms with van der Waals surface area (Å²) in [6.07, 6.45) is 0. The van der Waals surface area contributed by atoms with E-state index in [4.69, 9.17) is 0 Å². The van der Waals surface area contributed by atoms with Crippen LogP contribution in [0.1, 0.15) is 37.9 Å². The molecule has 1 aliphatic heterocycles. The van der Waals surface area contributed by atoms with Gasteiger partial charge in [-0.3, -0.25) is 4.90 Å². The minimum atomic E-state index is -0.0955. The van der Waals surface area contributed by atoms with Crippen molar-refractivity contribution in [3.05, 3.63) is 35.1 Å². The zero-order valence-corrected chi connectivity index (χ0v) is 14.9. The normalized spacial score (nSPS) is 17.6. The van der Waals surface area contributed by atoms with Crippen molar-refractivity contribution in [2.75, 3.05) is 26.2 Å². The Labute approximate surface area is 140 Å². The van der Waals surface area contributed by atoms with Crippen molar-refractivity contribution in [3.8, 4) is 0 Å². The number of hydrogen-bond acceptors (Lipinski definition) is 2.